The molecule has 2 aliphatic rings. The van der Waals surface area contributed by atoms with Crippen molar-refractivity contribution in [3.63, 3.8) is 0 Å². The molecule has 30 heavy (non-hydrogen) atoms. The SMILES string of the molecule is CC(C)n1ncc2cnc(Nc3cc(N4CCCC4)nc(N4CCC(N)C4)n3)cc21. The normalized spacial score (nSPS) is 19.4. The highest BCUT2D eigenvalue weighted by Crippen LogP contribution is 2.27. The number of aromatic nitrogens is 5. The zero-order chi connectivity index (χ0) is 20.7. The van der Waals surface area contributed by atoms with Gasteiger partial charge in [-0.05, 0) is 33.1 Å². The summed E-state index contributed by atoms with van der Waals surface area (Å²) in [5.74, 6) is 3.21. The first-order valence-electron chi connectivity index (χ1n) is 10.8. The van der Waals surface area contributed by atoms with E-state index in [1.54, 1.807) is 0 Å². The van der Waals surface area contributed by atoms with E-state index in [2.05, 4.69) is 39.0 Å². The van der Waals surface area contributed by atoms with Crippen LogP contribution in [0, 0.1) is 0 Å². The van der Waals surface area contributed by atoms with Crippen molar-refractivity contribution in [3.05, 3.63) is 24.5 Å². The summed E-state index contributed by atoms with van der Waals surface area (Å²) in [5, 5.41) is 8.91. The van der Waals surface area contributed by atoms with Gasteiger partial charge < -0.3 is 20.9 Å². The van der Waals surface area contributed by atoms with Crippen LogP contribution in [0.5, 0.6) is 0 Å². The molecule has 2 saturated heterocycles. The molecule has 5 rings (SSSR count). The Morgan fingerprint density at radius 2 is 1.87 bits per heavy atom. The third-order valence-corrected chi connectivity index (χ3v) is 5.86. The predicted molar refractivity (Wildman–Crippen MR) is 119 cm³/mol. The monoisotopic (exact) mass is 407 g/mol. The molecule has 9 heteroatoms. The van der Waals surface area contributed by atoms with Crippen molar-refractivity contribution in [2.24, 2.45) is 5.73 Å². The van der Waals surface area contributed by atoms with Gasteiger partial charge in [0.2, 0.25) is 5.95 Å². The smallest absolute Gasteiger partial charge is 0.229 e. The molecule has 1 unspecified atom stereocenters. The number of anilines is 4. The number of pyridine rings is 1. The van der Waals surface area contributed by atoms with E-state index in [1.807, 2.05) is 29.2 Å². The maximum absolute atomic E-state index is 6.12. The minimum absolute atomic E-state index is 0.181. The third-order valence-electron chi connectivity index (χ3n) is 5.86. The molecule has 0 amide bonds. The molecule has 158 valence electrons. The standard InChI is InChI=1S/C21H29N9/c1-14(2)30-17-9-18(23-11-15(17)12-24-30)25-19-10-20(28-6-3-4-7-28)27-21(26-19)29-8-5-16(22)13-29/h9-12,14,16H,3-8,13,22H2,1-2H3,(H,23,25,26,27). The molecule has 0 radical (unpaired) electrons. The number of hydrogen-bond donors (Lipinski definition) is 2. The molecule has 0 saturated carbocycles. The van der Waals surface area contributed by atoms with E-state index in [9.17, 15) is 0 Å². The lowest BCUT2D eigenvalue weighted by molar-refractivity contribution is 0.551. The topological polar surface area (TPSA) is 101 Å². The van der Waals surface area contributed by atoms with Crippen LogP contribution in [0.25, 0.3) is 10.9 Å². The predicted octanol–water partition coefficient (Wildman–Crippen LogP) is 2.68. The van der Waals surface area contributed by atoms with Gasteiger partial charge in [-0.25, -0.2) is 4.98 Å². The highest BCUT2D eigenvalue weighted by atomic mass is 15.3. The minimum Gasteiger partial charge on any atom is -0.356 e. The van der Waals surface area contributed by atoms with E-state index in [-0.39, 0.29) is 12.1 Å². The van der Waals surface area contributed by atoms with Crippen LogP contribution in [-0.2, 0) is 0 Å². The molecule has 5 heterocycles. The molecule has 3 N–H and O–H groups in total. The Morgan fingerprint density at radius 3 is 2.60 bits per heavy atom. The van der Waals surface area contributed by atoms with Crippen molar-refractivity contribution < 1.29 is 0 Å². The molecule has 0 aromatic carbocycles. The van der Waals surface area contributed by atoms with Crippen LogP contribution in [-0.4, -0.2) is 57.0 Å². The minimum atomic E-state index is 0.181. The average Bonchev–Trinajstić information content (AvgIpc) is 3.48. The second-order valence-electron chi connectivity index (χ2n) is 8.54. The molecule has 2 aliphatic heterocycles. The fourth-order valence-corrected chi connectivity index (χ4v) is 4.26. The van der Waals surface area contributed by atoms with Crippen LogP contribution >= 0.6 is 0 Å². The van der Waals surface area contributed by atoms with Crippen molar-refractivity contribution in [1.29, 1.82) is 0 Å². The van der Waals surface area contributed by atoms with Crippen LogP contribution in [0.15, 0.2) is 24.5 Å². The average molecular weight is 408 g/mol. The Labute approximate surface area is 176 Å². The summed E-state index contributed by atoms with van der Waals surface area (Å²) in [6.45, 7) is 8.00. The quantitative estimate of drug-likeness (QED) is 0.666. The zero-order valence-electron chi connectivity index (χ0n) is 17.6. The lowest BCUT2D eigenvalue weighted by Gasteiger charge is -2.22. The van der Waals surface area contributed by atoms with E-state index in [0.29, 0.717) is 0 Å². The molecule has 3 aromatic rings. The van der Waals surface area contributed by atoms with Gasteiger partial charge in [0.15, 0.2) is 0 Å². The van der Waals surface area contributed by atoms with Crippen molar-refractivity contribution in [2.75, 3.05) is 41.3 Å². The summed E-state index contributed by atoms with van der Waals surface area (Å²) >= 11 is 0. The van der Waals surface area contributed by atoms with Gasteiger partial charge in [-0.2, -0.15) is 15.1 Å². The Morgan fingerprint density at radius 1 is 1.03 bits per heavy atom. The van der Waals surface area contributed by atoms with Gasteiger partial charge in [0, 0.05) is 62.0 Å². The lowest BCUT2D eigenvalue weighted by atomic mass is 10.3. The number of fused-ring (bicyclic) bond motifs is 1. The van der Waals surface area contributed by atoms with Crippen molar-refractivity contribution in [3.8, 4) is 0 Å². The summed E-state index contributed by atoms with van der Waals surface area (Å²) in [5.41, 5.74) is 7.18. The van der Waals surface area contributed by atoms with Crippen LogP contribution in [0.2, 0.25) is 0 Å². The van der Waals surface area contributed by atoms with Gasteiger partial charge in [0.1, 0.15) is 17.5 Å². The number of nitrogens with two attached hydrogens (primary N) is 1. The van der Waals surface area contributed by atoms with Gasteiger partial charge in [-0.15, -0.1) is 0 Å². The van der Waals surface area contributed by atoms with Crippen LogP contribution in [0.1, 0.15) is 39.2 Å². The van der Waals surface area contributed by atoms with Crippen molar-refractivity contribution in [1.82, 2.24) is 24.7 Å². The van der Waals surface area contributed by atoms with Crippen molar-refractivity contribution >= 4 is 34.3 Å². The second-order valence-corrected chi connectivity index (χ2v) is 8.54. The lowest BCUT2D eigenvalue weighted by Crippen LogP contribution is -2.28. The number of nitrogens with zero attached hydrogens (tertiary/aromatic N) is 7. The molecule has 1 atom stereocenters. The summed E-state index contributed by atoms with van der Waals surface area (Å²) in [4.78, 5) is 18.7. The summed E-state index contributed by atoms with van der Waals surface area (Å²) in [6.07, 6.45) is 7.09. The molecule has 0 spiro atoms. The molecule has 3 aromatic heterocycles. The Kier molecular flexibility index (Phi) is 4.90. The van der Waals surface area contributed by atoms with E-state index < -0.39 is 0 Å². The van der Waals surface area contributed by atoms with E-state index in [0.717, 1.165) is 66.9 Å². The van der Waals surface area contributed by atoms with Gasteiger partial charge in [0.05, 0.1) is 11.7 Å². The molecular weight excluding hydrogens is 378 g/mol. The van der Waals surface area contributed by atoms with Gasteiger partial charge in [0.25, 0.3) is 0 Å². The molecule has 0 aliphatic carbocycles. The van der Waals surface area contributed by atoms with Crippen molar-refractivity contribution in [2.45, 2.75) is 45.2 Å². The molecular formula is C21H29N9. The molecule has 2 fully saturated rings. The summed E-state index contributed by atoms with van der Waals surface area (Å²) < 4.78 is 2.01. The summed E-state index contributed by atoms with van der Waals surface area (Å²) in [7, 11) is 0. The number of nitrogens with one attached hydrogen (secondary N) is 1. The Bertz CT molecular complexity index is 1040. The maximum atomic E-state index is 6.12. The first kappa shape index (κ1) is 19.0. The summed E-state index contributed by atoms with van der Waals surface area (Å²) in [6, 6.07) is 4.52. The van der Waals surface area contributed by atoms with Gasteiger partial charge in [-0.1, -0.05) is 0 Å². The zero-order valence-corrected chi connectivity index (χ0v) is 17.6. The molecule has 9 nitrogen and oxygen atoms in total. The largest absolute Gasteiger partial charge is 0.356 e. The molecule has 0 bridgehead atoms. The van der Waals surface area contributed by atoms with Crippen LogP contribution < -0.4 is 20.9 Å². The Balaban J connectivity index is 1.49. The van der Waals surface area contributed by atoms with Gasteiger partial charge >= 0.3 is 0 Å². The first-order chi connectivity index (χ1) is 14.6. The third kappa shape index (κ3) is 3.65. The van der Waals surface area contributed by atoms with Crippen LogP contribution in [0.3, 0.4) is 0 Å². The maximum Gasteiger partial charge on any atom is 0.229 e. The van der Waals surface area contributed by atoms with E-state index in [4.69, 9.17) is 15.7 Å². The van der Waals surface area contributed by atoms with Gasteiger partial charge in [-0.3, -0.25) is 4.68 Å². The highest BCUT2D eigenvalue weighted by Gasteiger charge is 2.24. The fourth-order valence-electron chi connectivity index (χ4n) is 4.26. The fraction of sp³-hybridized carbons (Fsp3) is 0.524. The number of rotatable bonds is 5. The first-order valence-corrected chi connectivity index (χ1v) is 10.8. The second kappa shape index (κ2) is 7.71. The number of hydrogen-bond acceptors (Lipinski definition) is 8. The highest BCUT2D eigenvalue weighted by molar-refractivity contribution is 5.81. The van der Waals surface area contributed by atoms with E-state index >= 15 is 0 Å². The van der Waals surface area contributed by atoms with E-state index in [1.165, 1.54) is 12.8 Å². The Hall–Kier alpha value is -2.94. The van der Waals surface area contributed by atoms with Crippen LogP contribution in [0.4, 0.5) is 23.4 Å².